The predicted octanol–water partition coefficient (Wildman–Crippen LogP) is 5.14. The molecular weight excluding hydrogens is 180 g/mol. The molecule has 0 aliphatic heterocycles. The Hall–Kier alpha value is -0.780. The van der Waals surface area contributed by atoms with Crippen LogP contribution in [-0.2, 0) is 0 Å². The minimum Gasteiger partial charge on any atom is -0.103 e. The molecule has 0 aliphatic carbocycles. The fourth-order valence-electron chi connectivity index (χ4n) is 1.88. The number of allylic oxidation sites excluding steroid dienone is 5. The van der Waals surface area contributed by atoms with E-state index in [9.17, 15) is 0 Å². The molecule has 0 radical (unpaired) electrons. The first-order chi connectivity index (χ1) is 6.86. The van der Waals surface area contributed by atoms with Gasteiger partial charge in [-0.2, -0.15) is 0 Å². The topological polar surface area (TPSA) is 0 Å². The third kappa shape index (κ3) is 4.07. The Labute approximate surface area is 95.8 Å². The second-order valence-corrected chi connectivity index (χ2v) is 5.00. The van der Waals surface area contributed by atoms with Crippen molar-refractivity contribution < 1.29 is 0 Å². The summed E-state index contributed by atoms with van der Waals surface area (Å²) in [7, 11) is 0. The second kappa shape index (κ2) is 5.95. The lowest BCUT2D eigenvalue weighted by Gasteiger charge is -2.30. The van der Waals surface area contributed by atoms with Crippen LogP contribution in [0, 0.1) is 11.3 Å². The summed E-state index contributed by atoms with van der Waals surface area (Å²) in [4.78, 5) is 0. The van der Waals surface area contributed by atoms with Crippen LogP contribution < -0.4 is 0 Å². The average molecular weight is 206 g/mol. The highest BCUT2D eigenvalue weighted by Crippen LogP contribution is 2.35. The molecule has 0 heteroatoms. The summed E-state index contributed by atoms with van der Waals surface area (Å²) < 4.78 is 0. The third-order valence-electron chi connectivity index (χ3n) is 3.49. The molecule has 15 heavy (non-hydrogen) atoms. The molecule has 1 atom stereocenters. The smallest absolute Gasteiger partial charge is 0.0112 e. The molecule has 0 N–H and O–H groups in total. The molecule has 86 valence electrons. The van der Waals surface area contributed by atoms with E-state index in [1.165, 1.54) is 11.1 Å². The highest BCUT2D eigenvalue weighted by atomic mass is 14.3. The van der Waals surface area contributed by atoms with Gasteiger partial charge in [-0.1, -0.05) is 50.1 Å². The van der Waals surface area contributed by atoms with Gasteiger partial charge in [0.15, 0.2) is 0 Å². The van der Waals surface area contributed by atoms with Gasteiger partial charge in [-0.15, -0.1) is 6.58 Å². The fraction of sp³-hybridized carbons (Fsp3) is 0.600. The Morgan fingerprint density at radius 2 is 1.87 bits per heavy atom. The summed E-state index contributed by atoms with van der Waals surface area (Å²) in [5, 5.41) is 0. The quantitative estimate of drug-likeness (QED) is 0.546. The standard InChI is InChI=1S/C15H26/c1-8-10-12(3)13(4)14(5)15(6,7)11-9-2/h8-9,11,14H,1,10H2,2-7H3/b11-9+,13-12+. The molecule has 0 aromatic rings. The zero-order chi connectivity index (χ0) is 12.1. The predicted molar refractivity (Wildman–Crippen MR) is 70.9 cm³/mol. The van der Waals surface area contributed by atoms with Crippen LogP contribution >= 0.6 is 0 Å². The van der Waals surface area contributed by atoms with E-state index < -0.39 is 0 Å². The first-order valence-electron chi connectivity index (χ1n) is 5.77. The largest absolute Gasteiger partial charge is 0.103 e. The average Bonchev–Trinajstić information content (AvgIpc) is 2.15. The number of hydrogen-bond acceptors (Lipinski definition) is 0. The molecule has 0 heterocycles. The first kappa shape index (κ1) is 14.2. The Morgan fingerprint density at radius 3 is 2.27 bits per heavy atom. The Bertz CT molecular complexity index is 264. The van der Waals surface area contributed by atoms with Crippen molar-refractivity contribution in [3.63, 3.8) is 0 Å². The van der Waals surface area contributed by atoms with Crippen LogP contribution in [0.15, 0.2) is 36.0 Å². The van der Waals surface area contributed by atoms with E-state index in [2.05, 4.69) is 60.3 Å². The maximum Gasteiger partial charge on any atom is -0.0112 e. The van der Waals surface area contributed by atoms with Gasteiger partial charge in [-0.25, -0.2) is 0 Å². The van der Waals surface area contributed by atoms with Crippen molar-refractivity contribution in [2.24, 2.45) is 11.3 Å². The van der Waals surface area contributed by atoms with Gasteiger partial charge in [0.05, 0.1) is 0 Å². The lowest BCUT2D eigenvalue weighted by atomic mass is 9.74. The molecule has 0 rings (SSSR count). The maximum absolute atomic E-state index is 3.79. The molecule has 0 spiro atoms. The molecular formula is C15H26. The molecule has 1 unspecified atom stereocenters. The molecule has 0 amide bonds. The fourth-order valence-corrected chi connectivity index (χ4v) is 1.88. The molecule has 0 aliphatic rings. The number of hydrogen-bond donors (Lipinski definition) is 0. The SMILES string of the molecule is C=CC/C(C)=C(\C)C(C)C(C)(C)/C=C/C. The first-order valence-corrected chi connectivity index (χ1v) is 5.77. The minimum atomic E-state index is 0.237. The van der Waals surface area contributed by atoms with Crippen LogP contribution in [0.3, 0.4) is 0 Å². The van der Waals surface area contributed by atoms with E-state index in [0.717, 1.165) is 6.42 Å². The van der Waals surface area contributed by atoms with E-state index >= 15 is 0 Å². The summed E-state index contributed by atoms with van der Waals surface area (Å²) in [6, 6.07) is 0. The summed E-state index contributed by atoms with van der Waals surface area (Å²) in [6.07, 6.45) is 7.42. The zero-order valence-electron chi connectivity index (χ0n) is 11.2. The molecule has 0 nitrogen and oxygen atoms in total. The lowest BCUT2D eigenvalue weighted by molar-refractivity contribution is 0.349. The Balaban J connectivity index is 4.91. The van der Waals surface area contributed by atoms with Gasteiger partial charge in [0.25, 0.3) is 0 Å². The van der Waals surface area contributed by atoms with Crippen LogP contribution in [0.1, 0.15) is 48.0 Å². The van der Waals surface area contributed by atoms with Crippen LogP contribution in [0.25, 0.3) is 0 Å². The molecule has 0 aromatic heterocycles. The monoisotopic (exact) mass is 206 g/mol. The maximum atomic E-state index is 3.79. The van der Waals surface area contributed by atoms with Crippen LogP contribution in [0.5, 0.6) is 0 Å². The van der Waals surface area contributed by atoms with Crippen molar-refractivity contribution in [2.45, 2.75) is 48.0 Å². The van der Waals surface area contributed by atoms with Gasteiger partial charge >= 0.3 is 0 Å². The van der Waals surface area contributed by atoms with Crippen molar-refractivity contribution in [3.8, 4) is 0 Å². The normalized spacial score (nSPS) is 16.4. The molecule has 0 fully saturated rings. The van der Waals surface area contributed by atoms with Gasteiger partial charge in [0.2, 0.25) is 0 Å². The summed E-state index contributed by atoms with van der Waals surface area (Å²) in [5.74, 6) is 0.577. The highest BCUT2D eigenvalue weighted by molar-refractivity contribution is 5.19. The van der Waals surface area contributed by atoms with E-state index in [1.807, 2.05) is 6.08 Å². The zero-order valence-corrected chi connectivity index (χ0v) is 11.2. The summed E-state index contributed by atoms with van der Waals surface area (Å²) in [5.41, 5.74) is 3.19. The molecule has 0 bridgehead atoms. The molecule has 0 saturated carbocycles. The van der Waals surface area contributed by atoms with Gasteiger partial charge in [0, 0.05) is 0 Å². The van der Waals surface area contributed by atoms with Crippen molar-refractivity contribution in [1.82, 2.24) is 0 Å². The number of rotatable bonds is 5. The van der Waals surface area contributed by atoms with Gasteiger partial charge in [0.1, 0.15) is 0 Å². The van der Waals surface area contributed by atoms with Crippen molar-refractivity contribution in [1.29, 1.82) is 0 Å². The summed E-state index contributed by atoms with van der Waals surface area (Å²) in [6.45, 7) is 17.2. The van der Waals surface area contributed by atoms with E-state index in [0.29, 0.717) is 5.92 Å². The summed E-state index contributed by atoms with van der Waals surface area (Å²) >= 11 is 0. The molecule has 0 aromatic carbocycles. The van der Waals surface area contributed by atoms with E-state index in [-0.39, 0.29) is 5.41 Å². The van der Waals surface area contributed by atoms with Gasteiger partial charge in [-0.05, 0) is 38.5 Å². The highest BCUT2D eigenvalue weighted by Gasteiger charge is 2.24. The van der Waals surface area contributed by atoms with E-state index in [4.69, 9.17) is 0 Å². The van der Waals surface area contributed by atoms with E-state index in [1.54, 1.807) is 0 Å². The van der Waals surface area contributed by atoms with Gasteiger partial charge < -0.3 is 0 Å². The van der Waals surface area contributed by atoms with Crippen LogP contribution in [0.4, 0.5) is 0 Å². The van der Waals surface area contributed by atoms with Crippen molar-refractivity contribution in [2.75, 3.05) is 0 Å². The molecule has 0 saturated heterocycles. The minimum absolute atomic E-state index is 0.237. The second-order valence-electron chi connectivity index (χ2n) is 5.00. The lowest BCUT2D eigenvalue weighted by Crippen LogP contribution is -2.20. The van der Waals surface area contributed by atoms with Crippen molar-refractivity contribution >= 4 is 0 Å². The Kier molecular flexibility index (Phi) is 5.64. The van der Waals surface area contributed by atoms with Crippen molar-refractivity contribution in [3.05, 3.63) is 36.0 Å². The van der Waals surface area contributed by atoms with Crippen LogP contribution in [-0.4, -0.2) is 0 Å². The third-order valence-corrected chi connectivity index (χ3v) is 3.49. The Morgan fingerprint density at radius 1 is 1.33 bits per heavy atom. The van der Waals surface area contributed by atoms with Crippen LogP contribution in [0.2, 0.25) is 0 Å². The van der Waals surface area contributed by atoms with Gasteiger partial charge in [-0.3, -0.25) is 0 Å².